The number of carbonyl (C=O) groups excluding carboxylic acids is 1. The molecule has 0 saturated heterocycles. The van der Waals surface area contributed by atoms with Crippen molar-refractivity contribution in [3.63, 3.8) is 0 Å². The molecule has 0 bridgehead atoms. The molecule has 0 aliphatic rings. The minimum atomic E-state index is -0.389. The maximum Gasteiger partial charge on any atom is 0.319 e. The second-order valence-corrected chi connectivity index (χ2v) is 7.89. The van der Waals surface area contributed by atoms with E-state index in [1.807, 2.05) is 54.6 Å². The molecule has 0 spiro atoms. The Kier molecular flexibility index (Phi) is 7.05. The number of hydrogen-bond donors (Lipinski definition) is 3. The number of benzene rings is 4. The van der Waals surface area contributed by atoms with E-state index in [0.29, 0.717) is 11.3 Å². The van der Waals surface area contributed by atoms with Gasteiger partial charge >= 0.3 is 6.03 Å². The molecular formula is C26H22FN3OS. The highest BCUT2D eigenvalue weighted by Crippen LogP contribution is 2.32. The largest absolute Gasteiger partial charge is 0.334 e. The number of nitrogens with one attached hydrogen (secondary N) is 3. The minimum absolute atomic E-state index is 0.121. The smallest absolute Gasteiger partial charge is 0.319 e. The molecule has 0 atom stereocenters. The summed E-state index contributed by atoms with van der Waals surface area (Å²) in [7, 11) is 0. The van der Waals surface area contributed by atoms with Gasteiger partial charge in [-0.1, -0.05) is 66.7 Å². The molecule has 0 saturated carbocycles. The number of hydrogen-bond acceptors (Lipinski definition) is 3. The summed E-state index contributed by atoms with van der Waals surface area (Å²) in [6.07, 6.45) is 0. The monoisotopic (exact) mass is 443 g/mol. The first kappa shape index (κ1) is 21.5. The van der Waals surface area contributed by atoms with Gasteiger partial charge in [0.1, 0.15) is 5.82 Å². The molecule has 0 aromatic heterocycles. The van der Waals surface area contributed by atoms with E-state index < -0.39 is 0 Å². The molecule has 2 amide bonds. The van der Waals surface area contributed by atoms with Crippen molar-refractivity contribution in [2.24, 2.45) is 0 Å². The molecule has 0 unspecified atom stereocenters. The van der Waals surface area contributed by atoms with Crippen molar-refractivity contribution in [1.29, 1.82) is 0 Å². The first-order chi connectivity index (χ1) is 15.7. The average Bonchev–Trinajstić information content (AvgIpc) is 2.84. The van der Waals surface area contributed by atoms with E-state index in [-0.39, 0.29) is 18.4 Å². The fourth-order valence-corrected chi connectivity index (χ4v) is 3.95. The van der Waals surface area contributed by atoms with Gasteiger partial charge < -0.3 is 15.4 Å². The molecule has 32 heavy (non-hydrogen) atoms. The Labute approximate surface area is 191 Å². The highest BCUT2D eigenvalue weighted by atomic mass is 32.2. The maximum atomic E-state index is 13.6. The summed E-state index contributed by atoms with van der Waals surface area (Å²) in [5.41, 5.74) is 4.33. The summed E-state index contributed by atoms with van der Waals surface area (Å²) in [5.74, 6) is -0.338. The Balaban J connectivity index is 1.32. The zero-order valence-corrected chi connectivity index (χ0v) is 18.0. The Morgan fingerprint density at radius 3 is 2.19 bits per heavy atom. The number of halogens is 1. The Hall–Kier alpha value is -3.77. The first-order valence-electron chi connectivity index (χ1n) is 10.1. The van der Waals surface area contributed by atoms with Crippen LogP contribution in [0.2, 0.25) is 0 Å². The molecule has 4 nitrogen and oxygen atoms in total. The van der Waals surface area contributed by atoms with Gasteiger partial charge in [0.2, 0.25) is 0 Å². The average molecular weight is 444 g/mol. The van der Waals surface area contributed by atoms with Gasteiger partial charge in [0.15, 0.2) is 0 Å². The van der Waals surface area contributed by atoms with Crippen LogP contribution >= 0.6 is 11.9 Å². The van der Waals surface area contributed by atoms with E-state index in [1.54, 1.807) is 18.2 Å². The summed E-state index contributed by atoms with van der Waals surface area (Å²) in [6, 6.07) is 31.9. The number of urea groups is 1. The molecule has 0 heterocycles. The molecule has 3 N–H and O–H groups in total. The summed E-state index contributed by atoms with van der Waals surface area (Å²) in [6.45, 7) is 0.121. The summed E-state index contributed by atoms with van der Waals surface area (Å²) in [5, 5.41) is 5.42. The van der Waals surface area contributed by atoms with Crippen molar-refractivity contribution in [1.82, 2.24) is 5.32 Å². The van der Waals surface area contributed by atoms with E-state index in [9.17, 15) is 9.18 Å². The van der Waals surface area contributed by atoms with Crippen LogP contribution in [0.25, 0.3) is 11.1 Å². The first-order valence-corrected chi connectivity index (χ1v) is 11.0. The Bertz CT molecular complexity index is 1180. The van der Waals surface area contributed by atoms with Crippen LogP contribution in [0.1, 0.15) is 5.56 Å². The van der Waals surface area contributed by atoms with E-state index in [4.69, 9.17) is 0 Å². The second kappa shape index (κ2) is 10.5. The van der Waals surface area contributed by atoms with Crippen LogP contribution in [-0.4, -0.2) is 6.03 Å². The van der Waals surface area contributed by atoms with Crippen LogP contribution in [-0.2, 0) is 6.54 Å². The molecule has 160 valence electrons. The summed E-state index contributed by atoms with van der Waals surface area (Å²) < 4.78 is 17.0. The lowest BCUT2D eigenvalue weighted by Crippen LogP contribution is -2.28. The van der Waals surface area contributed by atoms with Crippen molar-refractivity contribution in [3.8, 4) is 11.1 Å². The maximum absolute atomic E-state index is 13.6. The van der Waals surface area contributed by atoms with Crippen LogP contribution in [0.3, 0.4) is 0 Å². The molecule has 4 aromatic carbocycles. The molecular weight excluding hydrogens is 421 g/mol. The van der Waals surface area contributed by atoms with Crippen molar-refractivity contribution in [2.75, 3.05) is 10.0 Å². The lowest BCUT2D eigenvalue weighted by atomic mass is 10.1. The van der Waals surface area contributed by atoms with E-state index in [0.717, 1.165) is 16.1 Å². The van der Waals surface area contributed by atoms with E-state index >= 15 is 0 Å². The van der Waals surface area contributed by atoms with Crippen LogP contribution in [0.5, 0.6) is 0 Å². The number of carbonyl (C=O) groups is 1. The minimum Gasteiger partial charge on any atom is -0.334 e. The fourth-order valence-electron chi connectivity index (χ4n) is 3.14. The normalized spacial score (nSPS) is 10.4. The summed E-state index contributed by atoms with van der Waals surface area (Å²) >= 11 is 1.54. The van der Waals surface area contributed by atoms with Gasteiger partial charge in [0.05, 0.1) is 0 Å². The quantitative estimate of drug-likeness (QED) is 0.271. The molecule has 4 rings (SSSR count). The van der Waals surface area contributed by atoms with Gasteiger partial charge in [-0.05, 0) is 59.5 Å². The standard InChI is InChI=1S/C26H22FN3OS/c27-24-12-6-4-10-20(24)18-28-26(31)29-21-14-16-22(17-15-21)30-32-25-13-7-5-11-23(25)19-8-2-1-3-9-19/h1-17,30H,18H2,(H2,28,29,31). The van der Waals surface area contributed by atoms with Crippen LogP contribution in [0.15, 0.2) is 108 Å². The third-order valence-electron chi connectivity index (χ3n) is 4.79. The van der Waals surface area contributed by atoms with Gasteiger partial charge in [-0.15, -0.1) is 0 Å². The highest BCUT2D eigenvalue weighted by Gasteiger charge is 2.07. The third-order valence-corrected chi connectivity index (χ3v) is 5.70. The van der Waals surface area contributed by atoms with Crippen molar-refractivity contribution < 1.29 is 9.18 Å². The predicted molar refractivity (Wildman–Crippen MR) is 130 cm³/mol. The molecule has 0 fully saturated rings. The molecule has 4 aromatic rings. The van der Waals surface area contributed by atoms with Crippen molar-refractivity contribution >= 4 is 29.4 Å². The van der Waals surface area contributed by atoms with Gasteiger partial charge in [-0.3, -0.25) is 0 Å². The van der Waals surface area contributed by atoms with Gasteiger partial charge in [0.25, 0.3) is 0 Å². The molecule has 6 heteroatoms. The van der Waals surface area contributed by atoms with Crippen molar-refractivity contribution in [3.05, 3.63) is 115 Å². The van der Waals surface area contributed by atoms with E-state index in [1.165, 1.54) is 23.6 Å². The molecule has 0 aliphatic heterocycles. The van der Waals surface area contributed by atoms with Gasteiger partial charge in [-0.25, -0.2) is 9.18 Å². The van der Waals surface area contributed by atoms with Crippen LogP contribution in [0.4, 0.5) is 20.6 Å². The molecule has 0 radical (unpaired) electrons. The zero-order chi connectivity index (χ0) is 22.2. The second-order valence-electron chi connectivity index (χ2n) is 7.04. The third kappa shape index (κ3) is 5.68. The topological polar surface area (TPSA) is 53.2 Å². The predicted octanol–water partition coefficient (Wildman–Crippen LogP) is 6.93. The van der Waals surface area contributed by atoms with Crippen LogP contribution < -0.4 is 15.4 Å². The lowest BCUT2D eigenvalue weighted by molar-refractivity contribution is 0.251. The number of amides is 2. The lowest BCUT2D eigenvalue weighted by Gasteiger charge is -2.12. The Morgan fingerprint density at radius 2 is 1.41 bits per heavy atom. The van der Waals surface area contributed by atoms with Crippen LogP contribution in [0, 0.1) is 5.82 Å². The Morgan fingerprint density at radius 1 is 0.750 bits per heavy atom. The number of rotatable bonds is 7. The summed E-state index contributed by atoms with van der Waals surface area (Å²) in [4.78, 5) is 13.2. The van der Waals surface area contributed by atoms with E-state index in [2.05, 4.69) is 39.6 Å². The highest BCUT2D eigenvalue weighted by molar-refractivity contribution is 8.00. The number of anilines is 2. The zero-order valence-electron chi connectivity index (χ0n) is 17.2. The SMILES string of the molecule is O=C(NCc1ccccc1F)Nc1ccc(NSc2ccccc2-c2ccccc2)cc1. The van der Waals surface area contributed by atoms with Crippen molar-refractivity contribution in [2.45, 2.75) is 11.4 Å². The van der Waals surface area contributed by atoms with Gasteiger partial charge in [-0.2, -0.15) is 0 Å². The fraction of sp³-hybridized carbons (Fsp3) is 0.0385. The van der Waals surface area contributed by atoms with Gasteiger partial charge in [0, 0.05) is 28.4 Å². The molecule has 0 aliphatic carbocycles.